The van der Waals surface area contributed by atoms with E-state index in [4.69, 9.17) is 11.6 Å². The van der Waals surface area contributed by atoms with Gasteiger partial charge >= 0.3 is 0 Å². The second-order valence-corrected chi connectivity index (χ2v) is 6.71. The van der Waals surface area contributed by atoms with Gasteiger partial charge in [0.25, 0.3) is 5.91 Å². The zero-order chi connectivity index (χ0) is 16.4. The SMILES string of the molecule is Cc1ccc(N=C2NC(=O)C(=Cc3ccccc3C)S2)cc1Cl. The van der Waals surface area contributed by atoms with Crippen LogP contribution in [-0.4, -0.2) is 11.1 Å². The van der Waals surface area contributed by atoms with Crippen molar-refractivity contribution in [3.8, 4) is 0 Å². The van der Waals surface area contributed by atoms with Crippen LogP contribution in [0.5, 0.6) is 0 Å². The van der Waals surface area contributed by atoms with Crippen molar-refractivity contribution in [2.75, 3.05) is 0 Å². The molecule has 0 aromatic heterocycles. The first-order valence-electron chi connectivity index (χ1n) is 7.14. The fourth-order valence-corrected chi connectivity index (χ4v) is 3.15. The molecule has 116 valence electrons. The summed E-state index contributed by atoms with van der Waals surface area (Å²) >= 11 is 7.44. The van der Waals surface area contributed by atoms with Crippen molar-refractivity contribution in [1.29, 1.82) is 0 Å². The van der Waals surface area contributed by atoms with Crippen LogP contribution in [0.4, 0.5) is 5.69 Å². The van der Waals surface area contributed by atoms with Gasteiger partial charge in [0.05, 0.1) is 10.6 Å². The molecular weight excluding hydrogens is 328 g/mol. The lowest BCUT2D eigenvalue weighted by molar-refractivity contribution is -0.115. The highest BCUT2D eigenvalue weighted by atomic mass is 35.5. The van der Waals surface area contributed by atoms with E-state index in [-0.39, 0.29) is 5.91 Å². The van der Waals surface area contributed by atoms with Crippen LogP contribution in [0.25, 0.3) is 6.08 Å². The van der Waals surface area contributed by atoms with Crippen LogP contribution in [0.15, 0.2) is 52.4 Å². The average molecular weight is 343 g/mol. The first-order chi connectivity index (χ1) is 11.0. The predicted molar refractivity (Wildman–Crippen MR) is 98.2 cm³/mol. The Morgan fingerprint density at radius 1 is 1.13 bits per heavy atom. The summed E-state index contributed by atoms with van der Waals surface area (Å²) in [7, 11) is 0. The molecule has 0 unspecified atom stereocenters. The number of rotatable bonds is 2. The molecule has 1 aliphatic rings. The zero-order valence-electron chi connectivity index (χ0n) is 12.8. The van der Waals surface area contributed by atoms with E-state index in [1.54, 1.807) is 6.07 Å². The number of hydrogen-bond donors (Lipinski definition) is 1. The first-order valence-corrected chi connectivity index (χ1v) is 8.34. The van der Waals surface area contributed by atoms with Gasteiger partial charge in [-0.15, -0.1) is 0 Å². The van der Waals surface area contributed by atoms with E-state index in [1.165, 1.54) is 11.8 Å². The number of carbonyl (C=O) groups excluding carboxylic acids is 1. The van der Waals surface area contributed by atoms with Crippen LogP contribution in [0.1, 0.15) is 16.7 Å². The van der Waals surface area contributed by atoms with Gasteiger partial charge in [0.1, 0.15) is 0 Å². The van der Waals surface area contributed by atoms with Gasteiger partial charge in [-0.1, -0.05) is 41.9 Å². The molecule has 1 aliphatic heterocycles. The molecule has 3 nitrogen and oxygen atoms in total. The molecular formula is C18H15ClN2OS. The predicted octanol–water partition coefficient (Wildman–Crippen LogP) is 4.85. The van der Waals surface area contributed by atoms with Crippen LogP contribution in [0.2, 0.25) is 5.02 Å². The minimum atomic E-state index is -0.129. The van der Waals surface area contributed by atoms with Crippen molar-refractivity contribution < 1.29 is 4.79 Å². The third-order valence-corrected chi connectivity index (χ3v) is 4.83. The Kier molecular flexibility index (Phi) is 4.55. The second-order valence-electron chi connectivity index (χ2n) is 5.27. The summed E-state index contributed by atoms with van der Waals surface area (Å²) < 4.78 is 0. The molecule has 0 atom stereocenters. The fourth-order valence-electron chi connectivity index (χ4n) is 2.14. The maximum atomic E-state index is 12.1. The van der Waals surface area contributed by atoms with Crippen LogP contribution in [0.3, 0.4) is 0 Å². The third kappa shape index (κ3) is 3.66. The number of nitrogens with one attached hydrogen (secondary N) is 1. The highest BCUT2D eigenvalue weighted by Gasteiger charge is 2.23. The number of carbonyl (C=O) groups is 1. The molecule has 1 saturated heterocycles. The summed E-state index contributed by atoms with van der Waals surface area (Å²) in [6, 6.07) is 13.5. The maximum absolute atomic E-state index is 12.1. The molecule has 2 aromatic rings. The number of benzene rings is 2. The molecule has 2 aromatic carbocycles. The van der Waals surface area contributed by atoms with E-state index in [1.807, 2.05) is 56.3 Å². The molecule has 3 rings (SSSR count). The van der Waals surface area contributed by atoms with Crippen LogP contribution < -0.4 is 5.32 Å². The topological polar surface area (TPSA) is 41.5 Å². The molecule has 0 radical (unpaired) electrons. The second kappa shape index (κ2) is 6.60. The minimum Gasteiger partial charge on any atom is -0.300 e. The van der Waals surface area contributed by atoms with Gasteiger partial charge in [-0.3, -0.25) is 4.79 Å². The highest BCUT2D eigenvalue weighted by molar-refractivity contribution is 8.18. The van der Waals surface area contributed by atoms with Crippen molar-refractivity contribution in [2.24, 2.45) is 4.99 Å². The smallest absolute Gasteiger partial charge is 0.264 e. The number of halogens is 1. The molecule has 5 heteroatoms. The van der Waals surface area contributed by atoms with Crippen molar-refractivity contribution in [1.82, 2.24) is 5.32 Å². The third-order valence-electron chi connectivity index (χ3n) is 3.51. The Bertz CT molecular complexity index is 843. The van der Waals surface area contributed by atoms with Crippen molar-refractivity contribution in [2.45, 2.75) is 13.8 Å². The molecule has 0 bridgehead atoms. The number of hydrogen-bond acceptors (Lipinski definition) is 3. The van der Waals surface area contributed by atoms with Crippen LogP contribution in [0, 0.1) is 13.8 Å². The van der Waals surface area contributed by atoms with Gasteiger partial charge in [-0.05, 0) is 60.5 Å². The van der Waals surface area contributed by atoms with Crippen LogP contribution >= 0.6 is 23.4 Å². The van der Waals surface area contributed by atoms with E-state index in [0.717, 1.165) is 22.4 Å². The molecule has 1 fully saturated rings. The van der Waals surface area contributed by atoms with Gasteiger partial charge < -0.3 is 5.32 Å². The summed E-state index contributed by atoms with van der Waals surface area (Å²) in [5.74, 6) is -0.129. The zero-order valence-corrected chi connectivity index (χ0v) is 14.3. The van der Waals surface area contributed by atoms with Gasteiger partial charge in [0, 0.05) is 5.02 Å². The Morgan fingerprint density at radius 2 is 1.91 bits per heavy atom. The van der Waals surface area contributed by atoms with E-state index in [2.05, 4.69) is 10.3 Å². The van der Waals surface area contributed by atoms with Gasteiger partial charge in [-0.2, -0.15) is 0 Å². The fraction of sp³-hybridized carbons (Fsp3) is 0.111. The Labute approximate surface area is 144 Å². The number of aryl methyl sites for hydroxylation is 2. The van der Waals surface area contributed by atoms with Crippen molar-refractivity contribution in [3.05, 3.63) is 69.1 Å². The average Bonchev–Trinajstić information content (AvgIpc) is 2.85. The van der Waals surface area contributed by atoms with E-state index >= 15 is 0 Å². The van der Waals surface area contributed by atoms with Gasteiger partial charge in [-0.25, -0.2) is 4.99 Å². The summed E-state index contributed by atoms with van der Waals surface area (Å²) in [5.41, 5.74) is 3.88. The summed E-state index contributed by atoms with van der Waals surface area (Å²) in [4.78, 5) is 17.2. The molecule has 1 heterocycles. The molecule has 1 amide bonds. The lowest BCUT2D eigenvalue weighted by Crippen LogP contribution is -2.19. The normalized spacial score (nSPS) is 17.8. The number of nitrogens with zero attached hydrogens (tertiary/aromatic N) is 1. The molecule has 1 N–H and O–H groups in total. The summed E-state index contributed by atoms with van der Waals surface area (Å²) in [6.07, 6.45) is 1.89. The highest BCUT2D eigenvalue weighted by Crippen LogP contribution is 2.29. The lowest BCUT2D eigenvalue weighted by atomic mass is 10.1. The van der Waals surface area contributed by atoms with Gasteiger partial charge in [0.15, 0.2) is 5.17 Å². The molecule has 23 heavy (non-hydrogen) atoms. The number of amidine groups is 1. The van der Waals surface area contributed by atoms with E-state index in [0.29, 0.717) is 15.1 Å². The molecule has 0 saturated carbocycles. The number of aliphatic imine (C=N–C) groups is 1. The van der Waals surface area contributed by atoms with E-state index < -0.39 is 0 Å². The minimum absolute atomic E-state index is 0.129. The van der Waals surface area contributed by atoms with Crippen molar-refractivity contribution >= 4 is 46.2 Å². The quantitative estimate of drug-likeness (QED) is 0.793. The number of thioether (sulfide) groups is 1. The van der Waals surface area contributed by atoms with Crippen LogP contribution in [-0.2, 0) is 4.79 Å². The largest absolute Gasteiger partial charge is 0.300 e. The maximum Gasteiger partial charge on any atom is 0.264 e. The summed E-state index contributed by atoms with van der Waals surface area (Å²) in [6.45, 7) is 3.96. The Hall–Kier alpha value is -2.04. The first kappa shape index (κ1) is 15.8. The monoisotopic (exact) mass is 342 g/mol. The summed E-state index contributed by atoms with van der Waals surface area (Å²) in [5, 5.41) is 4.02. The molecule has 0 spiro atoms. The molecule has 0 aliphatic carbocycles. The van der Waals surface area contributed by atoms with Crippen molar-refractivity contribution in [3.63, 3.8) is 0 Å². The lowest BCUT2D eigenvalue weighted by Gasteiger charge is -2.00. The number of amides is 1. The Balaban J connectivity index is 1.86. The van der Waals surface area contributed by atoms with Gasteiger partial charge in [0.2, 0.25) is 0 Å². The Morgan fingerprint density at radius 3 is 2.65 bits per heavy atom. The standard InChI is InChI=1S/C18H15ClN2OS/c1-11-5-3-4-6-13(11)9-16-17(22)21-18(23-16)20-14-8-7-12(2)15(19)10-14/h3-10H,1-2H3,(H,20,21,22). The van der Waals surface area contributed by atoms with E-state index in [9.17, 15) is 4.79 Å².